The molecule has 0 fully saturated rings. The normalized spacial score (nSPS) is 12.2. The van der Waals surface area contributed by atoms with Crippen LogP contribution in [0.15, 0.2) is 48.5 Å². The van der Waals surface area contributed by atoms with E-state index in [1.165, 1.54) is 4.90 Å². The molecular formula is C24H33N3O4S. The Balaban J connectivity index is 2.35. The Morgan fingerprint density at radius 2 is 1.69 bits per heavy atom. The number of benzene rings is 2. The van der Waals surface area contributed by atoms with E-state index in [4.69, 9.17) is 0 Å². The SMILES string of the molecule is CCCNC(=O)[C@H](C)N(Cc1cccc(C)c1)C(=O)CN(c1ccc(C)cc1)S(C)(=O)=O. The fraction of sp³-hybridized carbons (Fsp3) is 0.417. The molecule has 0 aromatic heterocycles. The molecule has 0 spiro atoms. The molecule has 0 aliphatic heterocycles. The summed E-state index contributed by atoms with van der Waals surface area (Å²) in [4.78, 5) is 27.5. The summed E-state index contributed by atoms with van der Waals surface area (Å²) in [7, 11) is -3.71. The van der Waals surface area contributed by atoms with Crippen LogP contribution in [-0.4, -0.2) is 50.5 Å². The van der Waals surface area contributed by atoms with Crippen molar-refractivity contribution in [3.63, 3.8) is 0 Å². The number of sulfonamides is 1. The van der Waals surface area contributed by atoms with E-state index < -0.39 is 22.0 Å². The van der Waals surface area contributed by atoms with Gasteiger partial charge in [-0.05, 0) is 44.9 Å². The molecular weight excluding hydrogens is 426 g/mol. The van der Waals surface area contributed by atoms with Gasteiger partial charge in [0.05, 0.1) is 11.9 Å². The minimum atomic E-state index is -3.71. The van der Waals surface area contributed by atoms with Gasteiger partial charge in [-0.15, -0.1) is 0 Å². The Morgan fingerprint density at radius 3 is 2.25 bits per heavy atom. The monoisotopic (exact) mass is 459 g/mol. The van der Waals surface area contributed by atoms with Crippen LogP contribution in [-0.2, 0) is 26.2 Å². The van der Waals surface area contributed by atoms with E-state index in [9.17, 15) is 18.0 Å². The molecule has 0 unspecified atom stereocenters. The van der Waals surface area contributed by atoms with Crippen LogP contribution in [0.3, 0.4) is 0 Å². The van der Waals surface area contributed by atoms with Gasteiger partial charge in [0.2, 0.25) is 21.8 Å². The second-order valence-electron chi connectivity index (χ2n) is 8.08. The number of nitrogens with zero attached hydrogens (tertiary/aromatic N) is 2. The van der Waals surface area contributed by atoms with Crippen molar-refractivity contribution in [3.8, 4) is 0 Å². The second-order valence-corrected chi connectivity index (χ2v) is 9.99. The third-order valence-corrected chi connectivity index (χ3v) is 6.29. The van der Waals surface area contributed by atoms with Gasteiger partial charge in [0.15, 0.2) is 0 Å². The molecule has 32 heavy (non-hydrogen) atoms. The molecule has 1 N–H and O–H groups in total. The predicted molar refractivity (Wildman–Crippen MR) is 128 cm³/mol. The molecule has 2 aromatic carbocycles. The Bertz CT molecular complexity index is 1040. The molecule has 2 aromatic rings. The lowest BCUT2D eigenvalue weighted by molar-refractivity contribution is -0.139. The van der Waals surface area contributed by atoms with Gasteiger partial charge in [-0.1, -0.05) is 54.4 Å². The zero-order valence-electron chi connectivity index (χ0n) is 19.5. The predicted octanol–water partition coefficient (Wildman–Crippen LogP) is 3.01. The number of nitrogens with one attached hydrogen (secondary N) is 1. The number of anilines is 1. The van der Waals surface area contributed by atoms with Gasteiger partial charge in [-0.2, -0.15) is 0 Å². The summed E-state index contributed by atoms with van der Waals surface area (Å²) < 4.78 is 26.1. The lowest BCUT2D eigenvalue weighted by atomic mass is 10.1. The number of amides is 2. The third kappa shape index (κ3) is 7.09. The van der Waals surface area contributed by atoms with Gasteiger partial charge in [0.25, 0.3) is 0 Å². The topological polar surface area (TPSA) is 86.8 Å². The van der Waals surface area contributed by atoms with Crippen LogP contribution in [0.1, 0.15) is 37.0 Å². The maximum Gasteiger partial charge on any atom is 0.244 e. The first kappa shape index (κ1) is 25.4. The van der Waals surface area contributed by atoms with Crippen molar-refractivity contribution in [1.82, 2.24) is 10.2 Å². The first-order valence-corrected chi connectivity index (χ1v) is 12.5. The first-order chi connectivity index (χ1) is 15.0. The zero-order valence-corrected chi connectivity index (χ0v) is 20.3. The summed E-state index contributed by atoms with van der Waals surface area (Å²) in [5, 5.41) is 2.82. The van der Waals surface area contributed by atoms with Gasteiger partial charge < -0.3 is 10.2 Å². The van der Waals surface area contributed by atoms with Gasteiger partial charge in [-0.25, -0.2) is 8.42 Å². The molecule has 7 nitrogen and oxygen atoms in total. The largest absolute Gasteiger partial charge is 0.354 e. The van der Waals surface area contributed by atoms with Crippen LogP contribution in [0.5, 0.6) is 0 Å². The van der Waals surface area contributed by atoms with E-state index in [-0.39, 0.29) is 19.0 Å². The van der Waals surface area contributed by atoms with Crippen molar-refractivity contribution in [2.24, 2.45) is 0 Å². The lowest BCUT2D eigenvalue weighted by Gasteiger charge is -2.31. The van der Waals surface area contributed by atoms with Crippen molar-refractivity contribution >= 4 is 27.5 Å². The van der Waals surface area contributed by atoms with Crippen molar-refractivity contribution in [2.75, 3.05) is 23.7 Å². The molecule has 0 bridgehead atoms. The van der Waals surface area contributed by atoms with Crippen molar-refractivity contribution in [1.29, 1.82) is 0 Å². The van der Waals surface area contributed by atoms with Gasteiger partial charge in [0, 0.05) is 13.1 Å². The molecule has 1 atom stereocenters. The number of carbonyl (C=O) groups is 2. The molecule has 0 heterocycles. The van der Waals surface area contributed by atoms with Gasteiger partial charge >= 0.3 is 0 Å². The fourth-order valence-corrected chi connectivity index (χ4v) is 4.16. The quantitative estimate of drug-likeness (QED) is 0.592. The number of aryl methyl sites for hydroxylation is 2. The highest BCUT2D eigenvalue weighted by Crippen LogP contribution is 2.20. The molecule has 0 radical (unpaired) electrons. The molecule has 0 aliphatic carbocycles. The highest BCUT2D eigenvalue weighted by Gasteiger charge is 2.29. The number of hydrogen-bond donors (Lipinski definition) is 1. The Labute approximate surface area is 191 Å². The molecule has 0 saturated carbocycles. The molecule has 2 rings (SSSR count). The Morgan fingerprint density at radius 1 is 1.03 bits per heavy atom. The summed E-state index contributed by atoms with van der Waals surface area (Å²) in [6, 6.07) is 13.9. The van der Waals surface area contributed by atoms with E-state index in [1.807, 2.05) is 45.0 Å². The minimum Gasteiger partial charge on any atom is -0.354 e. The molecule has 0 saturated heterocycles. The summed E-state index contributed by atoms with van der Waals surface area (Å²) in [6.07, 6.45) is 1.85. The smallest absolute Gasteiger partial charge is 0.244 e. The fourth-order valence-electron chi connectivity index (χ4n) is 3.31. The van der Waals surface area contributed by atoms with E-state index in [2.05, 4.69) is 5.32 Å². The summed E-state index contributed by atoms with van der Waals surface area (Å²) in [5.74, 6) is -0.717. The maximum atomic E-state index is 13.4. The zero-order chi connectivity index (χ0) is 23.9. The first-order valence-electron chi connectivity index (χ1n) is 10.7. The minimum absolute atomic E-state index is 0.201. The van der Waals surface area contributed by atoms with Crippen LogP contribution in [0, 0.1) is 13.8 Å². The van der Waals surface area contributed by atoms with Gasteiger partial charge in [-0.3, -0.25) is 13.9 Å². The van der Waals surface area contributed by atoms with Crippen LogP contribution in [0.4, 0.5) is 5.69 Å². The van der Waals surface area contributed by atoms with E-state index in [0.29, 0.717) is 12.2 Å². The van der Waals surface area contributed by atoms with E-state index in [0.717, 1.165) is 33.7 Å². The van der Waals surface area contributed by atoms with Crippen molar-refractivity contribution in [3.05, 3.63) is 65.2 Å². The third-order valence-electron chi connectivity index (χ3n) is 5.15. The Hall–Kier alpha value is -2.87. The van der Waals surface area contributed by atoms with Crippen LogP contribution >= 0.6 is 0 Å². The number of carbonyl (C=O) groups excluding carboxylic acids is 2. The average molecular weight is 460 g/mol. The van der Waals surface area contributed by atoms with E-state index >= 15 is 0 Å². The van der Waals surface area contributed by atoms with Crippen molar-refractivity contribution < 1.29 is 18.0 Å². The molecule has 174 valence electrons. The highest BCUT2D eigenvalue weighted by atomic mass is 32.2. The Kier molecular flexibility index (Phi) is 8.83. The van der Waals surface area contributed by atoms with Crippen LogP contribution in [0.25, 0.3) is 0 Å². The van der Waals surface area contributed by atoms with Crippen LogP contribution in [0.2, 0.25) is 0 Å². The maximum absolute atomic E-state index is 13.4. The molecule has 0 aliphatic rings. The van der Waals surface area contributed by atoms with Gasteiger partial charge in [0.1, 0.15) is 12.6 Å². The average Bonchev–Trinajstić information content (AvgIpc) is 2.73. The summed E-state index contributed by atoms with van der Waals surface area (Å²) >= 11 is 0. The van der Waals surface area contributed by atoms with Crippen molar-refractivity contribution in [2.45, 2.75) is 46.7 Å². The second kappa shape index (κ2) is 11.1. The van der Waals surface area contributed by atoms with Crippen LogP contribution < -0.4 is 9.62 Å². The number of rotatable bonds is 10. The number of hydrogen-bond acceptors (Lipinski definition) is 4. The summed E-state index contributed by atoms with van der Waals surface area (Å²) in [5.41, 5.74) is 3.30. The molecule has 8 heteroatoms. The van der Waals surface area contributed by atoms with E-state index in [1.54, 1.807) is 31.2 Å². The standard InChI is InChI=1S/C24H33N3O4S/c1-6-14-25-24(29)20(4)26(16-21-9-7-8-19(3)15-21)23(28)17-27(32(5,30)31)22-12-10-18(2)11-13-22/h7-13,15,20H,6,14,16-17H2,1-5H3,(H,25,29)/t20-/m0/s1. The lowest BCUT2D eigenvalue weighted by Crippen LogP contribution is -2.51. The summed E-state index contributed by atoms with van der Waals surface area (Å²) in [6.45, 7) is 7.79. The highest BCUT2D eigenvalue weighted by molar-refractivity contribution is 7.92. The molecule has 2 amide bonds.